The van der Waals surface area contributed by atoms with E-state index in [-0.39, 0.29) is 24.7 Å². The Balaban J connectivity index is 1.49. The Kier molecular flexibility index (Phi) is 5.80. The number of anilines is 2. The predicted molar refractivity (Wildman–Crippen MR) is 105 cm³/mol. The first-order valence-electron chi connectivity index (χ1n) is 9.63. The van der Waals surface area contributed by atoms with Crippen LogP contribution < -0.4 is 15.0 Å². The van der Waals surface area contributed by atoms with Gasteiger partial charge in [-0.2, -0.15) is 0 Å². The topological polar surface area (TPSA) is 71.1 Å². The van der Waals surface area contributed by atoms with Crippen LogP contribution in [0, 0.1) is 11.6 Å². The van der Waals surface area contributed by atoms with Crippen molar-refractivity contribution in [2.45, 2.75) is 6.10 Å². The van der Waals surface area contributed by atoms with Crippen LogP contribution in [0.4, 0.5) is 20.2 Å². The van der Waals surface area contributed by atoms with Crippen molar-refractivity contribution in [2.24, 2.45) is 0 Å². The molecule has 0 radical (unpaired) electrons. The smallest absolute Gasteiger partial charge is 0.265 e. The molecule has 0 aliphatic carbocycles. The first-order valence-corrected chi connectivity index (χ1v) is 9.63. The minimum Gasteiger partial charge on any atom is -0.477 e. The summed E-state index contributed by atoms with van der Waals surface area (Å²) in [6, 6.07) is 9.93. The third-order valence-electron chi connectivity index (χ3n) is 4.94. The van der Waals surface area contributed by atoms with E-state index in [2.05, 4.69) is 5.32 Å². The molecule has 0 bridgehead atoms. The lowest BCUT2D eigenvalue weighted by Crippen LogP contribution is -2.53. The van der Waals surface area contributed by atoms with Gasteiger partial charge in [-0.25, -0.2) is 8.78 Å². The minimum atomic E-state index is -0.779. The number of para-hydroxylation sites is 2. The molecule has 2 heterocycles. The summed E-state index contributed by atoms with van der Waals surface area (Å²) in [5, 5.41) is 2.50. The van der Waals surface area contributed by atoms with Crippen LogP contribution in [-0.2, 0) is 14.3 Å². The molecule has 9 heteroatoms. The van der Waals surface area contributed by atoms with Crippen LogP contribution in [-0.4, -0.2) is 62.2 Å². The van der Waals surface area contributed by atoms with E-state index in [0.29, 0.717) is 37.7 Å². The Hall–Kier alpha value is -3.20. The van der Waals surface area contributed by atoms with Gasteiger partial charge in [0.15, 0.2) is 6.10 Å². The first kappa shape index (κ1) is 20.1. The fourth-order valence-corrected chi connectivity index (χ4v) is 3.57. The number of rotatable bonds is 4. The Morgan fingerprint density at radius 1 is 1.07 bits per heavy atom. The monoisotopic (exact) mass is 417 g/mol. The van der Waals surface area contributed by atoms with E-state index in [1.165, 1.54) is 0 Å². The molecule has 30 heavy (non-hydrogen) atoms. The molecule has 2 aliphatic heterocycles. The van der Waals surface area contributed by atoms with Gasteiger partial charge in [0.2, 0.25) is 5.91 Å². The highest BCUT2D eigenvalue weighted by atomic mass is 19.1. The molecular formula is C21H21F2N3O4. The quantitative estimate of drug-likeness (QED) is 0.825. The second-order valence-electron chi connectivity index (χ2n) is 7.10. The molecule has 1 unspecified atom stereocenters. The summed E-state index contributed by atoms with van der Waals surface area (Å²) in [4.78, 5) is 28.9. The number of morpholine rings is 1. The van der Waals surface area contributed by atoms with E-state index in [0.717, 1.165) is 18.2 Å². The van der Waals surface area contributed by atoms with Crippen LogP contribution in [0.5, 0.6) is 5.75 Å². The molecule has 0 aromatic heterocycles. The number of benzene rings is 2. The molecule has 4 rings (SSSR count). The lowest BCUT2D eigenvalue weighted by Gasteiger charge is -2.38. The maximum absolute atomic E-state index is 13.4. The van der Waals surface area contributed by atoms with Gasteiger partial charge in [-0.1, -0.05) is 12.1 Å². The second-order valence-corrected chi connectivity index (χ2v) is 7.10. The van der Waals surface area contributed by atoms with E-state index < -0.39 is 23.6 Å². The highest BCUT2D eigenvalue weighted by molar-refractivity contribution is 5.95. The number of nitrogens with zero attached hydrogens (tertiary/aromatic N) is 2. The van der Waals surface area contributed by atoms with E-state index in [9.17, 15) is 18.4 Å². The van der Waals surface area contributed by atoms with Crippen molar-refractivity contribution in [3.63, 3.8) is 0 Å². The largest absolute Gasteiger partial charge is 0.477 e. The van der Waals surface area contributed by atoms with E-state index >= 15 is 0 Å². The summed E-state index contributed by atoms with van der Waals surface area (Å²) in [5.41, 5.74) is 0.698. The van der Waals surface area contributed by atoms with Crippen LogP contribution in [0.25, 0.3) is 0 Å². The molecule has 0 spiro atoms. The van der Waals surface area contributed by atoms with Crippen molar-refractivity contribution < 1.29 is 27.8 Å². The average Bonchev–Trinajstić information content (AvgIpc) is 2.73. The maximum atomic E-state index is 13.4. The maximum Gasteiger partial charge on any atom is 0.265 e. The van der Waals surface area contributed by atoms with Gasteiger partial charge in [0.1, 0.15) is 17.4 Å². The lowest BCUT2D eigenvalue weighted by atomic mass is 10.1. The normalized spacial score (nSPS) is 18.4. The standard InChI is InChI=1S/C21H21F2N3O4/c22-14-9-15(23)11-16(10-14)24-20(27)13-26-12-19(21(28)25-5-7-29-8-6-25)30-18-4-2-1-3-17(18)26/h1-4,9-11,19H,5-8,12-13H2,(H,24,27). The SMILES string of the molecule is O=C(CN1CC(C(=O)N2CCOCC2)Oc2ccccc21)Nc1cc(F)cc(F)c1. The first-order chi connectivity index (χ1) is 14.5. The van der Waals surface area contributed by atoms with Crippen molar-refractivity contribution in [1.29, 1.82) is 0 Å². The number of ether oxygens (including phenoxy) is 2. The Morgan fingerprint density at radius 3 is 2.50 bits per heavy atom. The second kappa shape index (κ2) is 8.66. The van der Waals surface area contributed by atoms with Crippen LogP contribution in [0.3, 0.4) is 0 Å². The van der Waals surface area contributed by atoms with E-state index in [4.69, 9.17) is 9.47 Å². The molecule has 0 saturated carbocycles. The Bertz CT molecular complexity index is 929. The average molecular weight is 417 g/mol. The highest BCUT2D eigenvalue weighted by Gasteiger charge is 2.34. The molecule has 2 aromatic rings. The zero-order chi connectivity index (χ0) is 21.1. The number of nitrogens with one attached hydrogen (secondary N) is 1. The van der Waals surface area contributed by atoms with Gasteiger partial charge in [0, 0.05) is 24.8 Å². The summed E-state index contributed by atoms with van der Waals surface area (Å²) in [5.74, 6) is -1.68. The zero-order valence-electron chi connectivity index (χ0n) is 16.1. The number of hydrogen-bond acceptors (Lipinski definition) is 5. The molecule has 1 fully saturated rings. The van der Waals surface area contributed by atoms with Crippen molar-refractivity contribution in [3.05, 3.63) is 54.1 Å². The summed E-state index contributed by atoms with van der Waals surface area (Å²) < 4.78 is 38.0. The third-order valence-corrected chi connectivity index (χ3v) is 4.94. The van der Waals surface area contributed by atoms with Crippen molar-refractivity contribution in [3.8, 4) is 5.75 Å². The molecule has 1 N–H and O–H groups in total. The summed E-state index contributed by atoms with van der Waals surface area (Å²) in [6.45, 7) is 2.01. The lowest BCUT2D eigenvalue weighted by molar-refractivity contribution is -0.142. The van der Waals surface area contributed by atoms with Gasteiger partial charge in [-0.15, -0.1) is 0 Å². The summed E-state index contributed by atoms with van der Waals surface area (Å²) >= 11 is 0. The molecule has 2 aliphatic rings. The van der Waals surface area contributed by atoms with Gasteiger partial charge in [-0.3, -0.25) is 9.59 Å². The molecule has 1 atom stereocenters. The van der Waals surface area contributed by atoms with E-state index in [1.807, 2.05) is 0 Å². The number of fused-ring (bicyclic) bond motifs is 1. The highest BCUT2D eigenvalue weighted by Crippen LogP contribution is 2.33. The Labute approximate surface area is 172 Å². The van der Waals surface area contributed by atoms with Crippen molar-refractivity contribution in [2.75, 3.05) is 49.6 Å². The molecule has 2 amide bonds. The fourth-order valence-electron chi connectivity index (χ4n) is 3.57. The number of amides is 2. The van der Waals surface area contributed by atoms with E-state index in [1.54, 1.807) is 34.1 Å². The summed E-state index contributed by atoms with van der Waals surface area (Å²) in [6.07, 6.45) is -0.766. The minimum absolute atomic E-state index is 0.0278. The Morgan fingerprint density at radius 2 is 1.77 bits per heavy atom. The van der Waals surface area contributed by atoms with Crippen LogP contribution in [0.15, 0.2) is 42.5 Å². The molecule has 2 aromatic carbocycles. The fraction of sp³-hybridized carbons (Fsp3) is 0.333. The van der Waals surface area contributed by atoms with Gasteiger partial charge in [0.25, 0.3) is 5.91 Å². The zero-order valence-corrected chi connectivity index (χ0v) is 16.1. The number of halogens is 2. The summed E-state index contributed by atoms with van der Waals surface area (Å²) in [7, 11) is 0. The van der Waals surface area contributed by atoms with Crippen LogP contribution in [0.1, 0.15) is 0 Å². The predicted octanol–water partition coefficient (Wildman–Crippen LogP) is 2.03. The van der Waals surface area contributed by atoms with Gasteiger partial charge in [0.05, 0.1) is 32.0 Å². The van der Waals surface area contributed by atoms with Crippen molar-refractivity contribution in [1.82, 2.24) is 4.90 Å². The molecule has 158 valence electrons. The van der Waals surface area contributed by atoms with Gasteiger partial charge < -0.3 is 24.6 Å². The van der Waals surface area contributed by atoms with Gasteiger partial charge in [-0.05, 0) is 24.3 Å². The number of carbonyl (C=O) groups is 2. The number of carbonyl (C=O) groups excluding carboxylic acids is 2. The van der Waals surface area contributed by atoms with Crippen LogP contribution in [0.2, 0.25) is 0 Å². The molecular weight excluding hydrogens is 396 g/mol. The van der Waals surface area contributed by atoms with Crippen LogP contribution >= 0.6 is 0 Å². The molecule has 1 saturated heterocycles. The number of hydrogen-bond donors (Lipinski definition) is 1. The van der Waals surface area contributed by atoms with Crippen molar-refractivity contribution >= 4 is 23.2 Å². The molecule has 7 nitrogen and oxygen atoms in total. The third kappa shape index (κ3) is 4.51. The van der Waals surface area contributed by atoms with Gasteiger partial charge >= 0.3 is 0 Å².